The quantitative estimate of drug-likeness (QED) is 0.817. The Labute approximate surface area is 131 Å². The summed E-state index contributed by atoms with van der Waals surface area (Å²) >= 11 is 6.22. The smallest absolute Gasteiger partial charge is 0.261 e. The van der Waals surface area contributed by atoms with Crippen molar-refractivity contribution in [3.05, 3.63) is 39.4 Å². The molecule has 0 aromatic carbocycles. The number of hydrogen-bond acceptors (Lipinski definition) is 6. The van der Waals surface area contributed by atoms with Gasteiger partial charge in [0.15, 0.2) is 10.4 Å². The minimum absolute atomic E-state index is 0.0533. The van der Waals surface area contributed by atoms with E-state index < -0.39 is 10.0 Å². The van der Waals surface area contributed by atoms with Crippen molar-refractivity contribution in [1.82, 2.24) is 15.0 Å². The van der Waals surface area contributed by atoms with Crippen LogP contribution in [0.25, 0.3) is 0 Å². The number of sulfonamides is 1. The first-order chi connectivity index (χ1) is 9.42. The van der Waals surface area contributed by atoms with Crippen molar-refractivity contribution in [3.8, 4) is 6.07 Å². The number of aromatic nitrogens is 3. The molecular formula is C10H5Br2N5O2S. The molecule has 0 amide bonds. The van der Waals surface area contributed by atoms with Crippen LogP contribution in [0.4, 0.5) is 5.82 Å². The fraction of sp³-hybridized carbons (Fsp3) is 0. The lowest BCUT2D eigenvalue weighted by molar-refractivity contribution is 0.600. The first kappa shape index (κ1) is 14.8. The normalized spacial score (nSPS) is 10.8. The van der Waals surface area contributed by atoms with E-state index in [0.29, 0.717) is 4.60 Å². The van der Waals surface area contributed by atoms with Crippen molar-refractivity contribution in [2.45, 2.75) is 4.90 Å². The number of hydrogen-bond donors (Lipinski definition) is 1. The Morgan fingerprint density at radius 3 is 2.50 bits per heavy atom. The second-order valence-corrected chi connectivity index (χ2v) is 6.67. The Hall–Kier alpha value is -1.57. The van der Waals surface area contributed by atoms with Gasteiger partial charge in [-0.2, -0.15) is 5.26 Å². The molecule has 20 heavy (non-hydrogen) atoms. The molecule has 102 valence electrons. The molecule has 10 heteroatoms. The van der Waals surface area contributed by atoms with Gasteiger partial charge in [0.05, 0.1) is 6.20 Å². The van der Waals surface area contributed by atoms with E-state index in [0.717, 1.165) is 6.20 Å². The summed E-state index contributed by atoms with van der Waals surface area (Å²) in [6, 6.07) is 4.41. The van der Waals surface area contributed by atoms with Gasteiger partial charge in [-0.05, 0) is 44.0 Å². The molecule has 0 saturated carbocycles. The third kappa shape index (κ3) is 3.30. The molecule has 0 aliphatic heterocycles. The predicted molar refractivity (Wildman–Crippen MR) is 77.2 cm³/mol. The van der Waals surface area contributed by atoms with Gasteiger partial charge in [0.1, 0.15) is 21.3 Å². The van der Waals surface area contributed by atoms with E-state index in [-0.39, 0.29) is 21.0 Å². The molecule has 2 heterocycles. The first-order valence-corrected chi connectivity index (χ1v) is 8.06. The fourth-order valence-electron chi connectivity index (χ4n) is 1.21. The third-order valence-electron chi connectivity index (χ3n) is 2.09. The highest BCUT2D eigenvalue weighted by molar-refractivity contribution is 9.11. The van der Waals surface area contributed by atoms with Crippen LogP contribution in [0.5, 0.6) is 0 Å². The van der Waals surface area contributed by atoms with Crippen LogP contribution in [0.3, 0.4) is 0 Å². The lowest BCUT2D eigenvalue weighted by atomic mass is 10.4. The van der Waals surface area contributed by atoms with Gasteiger partial charge in [-0.25, -0.2) is 23.4 Å². The van der Waals surface area contributed by atoms with Gasteiger partial charge in [0, 0.05) is 6.20 Å². The number of rotatable bonds is 3. The third-order valence-corrected chi connectivity index (χ3v) is 4.35. The largest absolute Gasteiger partial charge is 0.264 e. The molecule has 0 atom stereocenters. The first-order valence-electron chi connectivity index (χ1n) is 4.99. The summed E-state index contributed by atoms with van der Waals surface area (Å²) in [5.41, 5.74) is 0.133. The van der Waals surface area contributed by atoms with Crippen LogP contribution in [0.1, 0.15) is 5.69 Å². The van der Waals surface area contributed by atoms with Crippen molar-refractivity contribution >= 4 is 47.7 Å². The van der Waals surface area contributed by atoms with Crippen LogP contribution in [-0.2, 0) is 10.0 Å². The molecule has 2 aromatic rings. The zero-order valence-corrected chi connectivity index (χ0v) is 13.6. The summed E-state index contributed by atoms with van der Waals surface area (Å²) in [6.45, 7) is 0. The second kappa shape index (κ2) is 5.82. The number of pyridine rings is 1. The molecular weight excluding hydrogens is 414 g/mol. The lowest BCUT2D eigenvalue weighted by Crippen LogP contribution is -2.15. The summed E-state index contributed by atoms with van der Waals surface area (Å²) in [6.07, 6.45) is 2.46. The van der Waals surface area contributed by atoms with Gasteiger partial charge in [0.2, 0.25) is 0 Å². The maximum atomic E-state index is 12.1. The van der Waals surface area contributed by atoms with Crippen LogP contribution in [0, 0.1) is 11.3 Å². The Balaban J connectivity index is 2.33. The van der Waals surface area contributed by atoms with Crippen LogP contribution in [-0.4, -0.2) is 23.4 Å². The van der Waals surface area contributed by atoms with Crippen molar-refractivity contribution in [1.29, 1.82) is 5.26 Å². The zero-order valence-electron chi connectivity index (χ0n) is 9.58. The highest BCUT2D eigenvalue weighted by atomic mass is 79.9. The van der Waals surface area contributed by atoms with Crippen LogP contribution in [0.15, 0.2) is 38.6 Å². The van der Waals surface area contributed by atoms with E-state index in [4.69, 9.17) is 5.26 Å². The highest BCUT2D eigenvalue weighted by Crippen LogP contribution is 2.22. The Bertz CT molecular complexity index is 786. The minimum atomic E-state index is -3.84. The minimum Gasteiger partial charge on any atom is -0.261 e. The van der Waals surface area contributed by atoms with E-state index in [9.17, 15) is 8.42 Å². The standard InChI is InChI=1S/C10H5Br2N5O2S/c11-8-5-15-10(9(12)16-8)17-20(18,19)7-2-1-6(3-13)14-4-7/h1-2,4-5H,(H,15,17). The summed E-state index contributed by atoms with van der Waals surface area (Å²) in [4.78, 5) is 11.5. The maximum Gasteiger partial charge on any atom is 0.264 e. The van der Waals surface area contributed by atoms with Crippen LogP contribution < -0.4 is 4.72 Å². The fourth-order valence-corrected chi connectivity index (χ4v) is 3.21. The average molecular weight is 419 g/mol. The van der Waals surface area contributed by atoms with Gasteiger partial charge in [-0.3, -0.25) is 4.72 Å². The number of halogens is 2. The van der Waals surface area contributed by atoms with Gasteiger partial charge < -0.3 is 0 Å². The molecule has 7 nitrogen and oxygen atoms in total. The number of nitrogens with zero attached hydrogens (tertiary/aromatic N) is 4. The van der Waals surface area contributed by atoms with E-state index in [1.54, 1.807) is 0 Å². The lowest BCUT2D eigenvalue weighted by Gasteiger charge is -2.08. The summed E-state index contributed by atoms with van der Waals surface area (Å²) < 4.78 is 27.2. The van der Waals surface area contributed by atoms with E-state index in [1.165, 1.54) is 18.3 Å². The summed E-state index contributed by atoms with van der Waals surface area (Å²) in [5.74, 6) is 0.0533. The molecule has 0 bridgehead atoms. The summed E-state index contributed by atoms with van der Waals surface area (Å²) in [7, 11) is -3.84. The molecule has 0 spiro atoms. The van der Waals surface area contributed by atoms with Crippen LogP contribution >= 0.6 is 31.9 Å². The monoisotopic (exact) mass is 417 g/mol. The Morgan fingerprint density at radius 2 is 1.95 bits per heavy atom. The molecule has 1 N–H and O–H groups in total. The molecule has 0 saturated heterocycles. The van der Waals surface area contributed by atoms with Gasteiger partial charge >= 0.3 is 0 Å². The zero-order chi connectivity index (χ0) is 14.8. The molecule has 0 unspecified atom stereocenters. The molecule has 0 aliphatic rings. The number of anilines is 1. The number of nitriles is 1. The maximum absolute atomic E-state index is 12.1. The molecule has 2 aromatic heterocycles. The second-order valence-electron chi connectivity index (χ2n) is 3.43. The van der Waals surface area contributed by atoms with Gasteiger partial charge in [-0.1, -0.05) is 0 Å². The van der Waals surface area contributed by atoms with Crippen molar-refractivity contribution in [2.24, 2.45) is 0 Å². The Kier molecular flexibility index (Phi) is 4.32. The van der Waals surface area contributed by atoms with E-state index in [1.807, 2.05) is 6.07 Å². The predicted octanol–water partition coefficient (Wildman–Crippen LogP) is 2.07. The highest BCUT2D eigenvalue weighted by Gasteiger charge is 2.17. The molecule has 0 radical (unpaired) electrons. The Morgan fingerprint density at radius 1 is 1.20 bits per heavy atom. The van der Waals surface area contributed by atoms with Crippen molar-refractivity contribution < 1.29 is 8.42 Å². The van der Waals surface area contributed by atoms with Crippen molar-refractivity contribution in [3.63, 3.8) is 0 Å². The van der Waals surface area contributed by atoms with Gasteiger partial charge in [-0.15, -0.1) is 0 Å². The molecule has 0 fully saturated rings. The average Bonchev–Trinajstić information content (AvgIpc) is 2.42. The number of nitrogens with one attached hydrogen (secondary N) is 1. The van der Waals surface area contributed by atoms with Gasteiger partial charge in [0.25, 0.3) is 10.0 Å². The SMILES string of the molecule is N#Cc1ccc(S(=O)(=O)Nc2ncc(Br)nc2Br)cn1. The van der Waals surface area contributed by atoms with E-state index >= 15 is 0 Å². The molecule has 0 aliphatic carbocycles. The topological polar surface area (TPSA) is 109 Å². The van der Waals surface area contributed by atoms with Crippen molar-refractivity contribution in [2.75, 3.05) is 4.72 Å². The molecule has 2 rings (SSSR count). The van der Waals surface area contributed by atoms with E-state index in [2.05, 4.69) is 51.5 Å². The van der Waals surface area contributed by atoms with Crippen LogP contribution in [0.2, 0.25) is 0 Å². The summed E-state index contributed by atoms with van der Waals surface area (Å²) in [5, 5.41) is 8.62.